The third-order valence-electron chi connectivity index (χ3n) is 4.59. The molecule has 0 unspecified atom stereocenters. The van der Waals surface area contributed by atoms with Crippen molar-refractivity contribution in [1.82, 2.24) is 0 Å². The number of anilines is 1. The lowest BCUT2D eigenvalue weighted by molar-refractivity contribution is 0.566. The van der Waals surface area contributed by atoms with E-state index in [0.29, 0.717) is 0 Å². The number of allylic oxidation sites excluding steroid dienone is 1. The first kappa shape index (κ1) is 18.5. The fourth-order valence-electron chi connectivity index (χ4n) is 3.46. The van der Waals surface area contributed by atoms with E-state index in [-0.39, 0.29) is 5.54 Å². The molecule has 1 heterocycles. The highest BCUT2D eigenvalue weighted by Crippen LogP contribution is 2.41. The number of likely N-dealkylation sites (N-methyl/N-ethyl adjacent to an activating group) is 1. The number of nitrogens with zero attached hydrogens (tertiary/aromatic N) is 2. The molecular formula is C21H22ClIN2. The summed E-state index contributed by atoms with van der Waals surface area (Å²) in [7, 11) is 0. The first-order valence-electron chi connectivity index (χ1n) is 8.42. The number of benzene rings is 2. The van der Waals surface area contributed by atoms with Gasteiger partial charge in [0.1, 0.15) is 0 Å². The maximum atomic E-state index is 6.58. The molecule has 0 radical (unpaired) electrons. The van der Waals surface area contributed by atoms with E-state index in [1.807, 2.05) is 18.3 Å². The first-order valence-corrected chi connectivity index (χ1v) is 9.88. The van der Waals surface area contributed by atoms with Gasteiger partial charge in [-0.2, -0.15) is 0 Å². The highest BCUT2D eigenvalue weighted by Gasteiger charge is 2.30. The molecule has 0 saturated heterocycles. The van der Waals surface area contributed by atoms with Gasteiger partial charge in [0.2, 0.25) is 0 Å². The Morgan fingerprint density at radius 3 is 2.52 bits per heavy atom. The van der Waals surface area contributed by atoms with Crippen LogP contribution in [0.1, 0.15) is 38.8 Å². The normalized spacial score (nSPS) is 16.1. The van der Waals surface area contributed by atoms with Crippen LogP contribution in [0.15, 0.2) is 47.5 Å². The minimum atomic E-state index is -0.00799. The fraction of sp³-hybridized carbons (Fsp3) is 0.286. The zero-order valence-electron chi connectivity index (χ0n) is 15.0. The van der Waals surface area contributed by atoms with E-state index in [4.69, 9.17) is 11.6 Å². The molecule has 130 valence electrons. The second-order valence-electron chi connectivity index (χ2n) is 6.85. The van der Waals surface area contributed by atoms with Crippen molar-refractivity contribution in [2.24, 2.45) is 4.99 Å². The van der Waals surface area contributed by atoms with Crippen LogP contribution in [0.3, 0.4) is 0 Å². The number of halogens is 2. The lowest BCUT2D eigenvalue weighted by Gasteiger charge is -2.43. The van der Waals surface area contributed by atoms with Gasteiger partial charge in [-0.05, 0) is 92.3 Å². The summed E-state index contributed by atoms with van der Waals surface area (Å²) in [6, 6.07) is 12.4. The Bertz CT molecular complexity index is 851. The third kappa shape index (κ3) is 3.77. The minimum Gasteiger partial charge on any atom is -0.363 e. The van der Waals surface area contributed by atoms with Crippen molar-refractivity contribution in [2.75, 3.05) is 11.4 Å². The van der Waals surface area contributed by atoms with Crippen molar-refractivity contribution >= 4 is 57.4 Å². The molecule has 0 N–H and O–H groups in total. The van der Waals surface area contributed by atoms with Crippen molar-refractivity contribution in [3.05, 3.63) is 62.2 Å². The molecule has 25 heavy (non-hydrogen) atoms. The van der Waals surface area contributed by atoms with Gasteiger partial charge in [0, 0.05) is 33.1 Å². The van der Waals surface area contributed by atoms with E-state index in [9.17, 15) is 0 Å². The molecule has 0 amide bonds. The smallest absolute Gasteiger partial charge is 0.0630 e. The van der Waals surface area contributed by atoms with Crippen LogP contribution in [0, 0.1) is 3.57 Å². The molecule has 0 aliphatic carbocycles. The van der Waals surface area contributed by atoms with Gasteiger partial charge in [0.15, 0.2) is 0 Å². The molecule has 1 aliphatic heterocycles. The SMILES string of the molecule is CCN1c2cc(Cl)c(C=Nc3ccc(I)cc3)cc2C(C)=CC1(C)C. The highest BCUT2D eigenvalue weighted by molar-refractivity contribution is 14.1. The maximum Gasteiger partial charge on any atom is 0.0630 e. The van der Waals surface area contributed by atoms with E-state index in [0.717, 1.165) is 22.8 Å². The Balaban J connectivity index is 2.02. The van der Waals surface area contributed by atoms with E-state index in [2.05, 4.69) is 90.5 Å². The molecule has 0 saturated carbocycles. The van der Waals surface area contributed by atoms with Gasteiger partial charge in [-0.1, -0.05) is 17.7 Å². The minimum absolute atomic E-state index is 0.00799. The van der Waals surface area contributed by atoms with Crippen LogP contribution >= 0.6 is 34.2 Å². The van der Waals surface area contributed by atoms with Crippen LogP contribution in [0.5, 0.6) is 0 Å². The van der Waals surface area contributed by atoms with Crippen molar-refractivity contribution < 1.29 is 0 Å². The Hall–Kier alpha value is -1.33. The topological polar surface area (TPSA) is 15.6 Å². The number of hydrogen-bond donors (Lipinski definition) is 0. The van der Waals surface area contributed by atoms with Gasteiger partial charge in [-0.25, -0.2) is 0 Å². The molecule has 0 fully saturated rings. The Morgan fingerprint density at radius 2 is 1.88 bits per heavy atom. The highest BCUT2D eigenvalue weighted by atomic mass is 127. The van der Waals surface area contributed by atoms with Crippen LogP contribution < -0.4 is 4.90 Å². The predicted octanol–water partition coefficient (Wildman–Crippen LogP) is 6.72. The second-order valence-corrected chi connectivity index (χ2v) is 8.50. The van der Waals surface area contributed by atoms with Crippen LogP contribution in [0.4, 0.5) is 11.4 Å². The Morgan fingerprint density at radius 1 is 1.20 bits per heavy atom. The van der Waals surface area contributed by atoms with Gasteiger partial charge in [-0.3, -0.25) is 4.99 Å². The fourth-order valence-corrected chi connectivity index (χ4v) is 4.03. The lowest BCUT2D eigenvalue weighted by Crippen LogP contribution is -2.44. The summed E-state index contributed by atoms with van der Waals surface area (Å²) in [6.45, 7) is 9.77. The zero-order chi connectivity index (χ0) is 18.2. The molecule has 1 aliphatic rings. The summed E-state index contributed by atoms with van der Waals surface area (Å²) in [4.78, 5) is 6.96. The quantitative estimate of drug-likeness (QED) is 0.364. The monoisotopic (exact) mass is 464 g/mol. The third-order valence-corrected chi connectivity index (χ3v) is 5.64. The predicted molar refractivity (Wildman–Crippen MR) is 119 cm³/mol. The summed E-state index contributed by atoms with van der Waals surface area (Å²) in [6.07, 6.45) is 4.18. The average molecular weight is 465 g/mol. The molecule has 0 bridgehead atoms. The molecule has 2 nitrogen and oxygen atoms in total. The molecule has 0 spiro atoms. The number of aliphatic imine (C=N–C) groups is 1. The maximum absolute atomic E-state index is 6.58. The molecule has 3 rings (SSSR count). The number of fused-ring (bicyclic) bond motifs is 1. The Labute approximate surface area is 168 Å². The first-order chi connectivity index (χ1) is 11.8. The largest absolute Gasteiger partial charge is 0.363 e. The van der Waals surface area contributed by atoms with Crippen molar-refractivity contribution in [3.8, 4) is 0 Å². The van der Waals surface area contributed by atoms with Crippen LogP contribution in [-0.4, -0.2) is 18.3 Å². The molecule has 2 aromatic rings. The average Bonchev–Trinajstić information content (AvgIpc) is 2.54. The van der Waals surface area contributed by atoms with Gasteiger partial charge in [0.05, 0.1) is 16.2 Å². The zero-order valence-corrected chi connectivity index (χ0v) is 17.9. The Kier molecular flexibility index (Phi) is 5.26. The molecule has 0 aromatic heterocycles. The van der Waals surface area contributed by atoms with Crippen LogP contribution in [0.25, 0.3) is 5.57 Å². The van der Waals surface area contributed by atoms with Crippen molar-refractivity contribution in [1.29, 1.82) is 0 Å². The standard InChI is InChI=1S/C21H22ClIN2/c1-5-25-20-11-19(22)15(10-18(20)14(2)12-21(25,3)4)13-24-17-8-6-16(23)7-9-17/h6-13H,5H2,1-4H3. The van der Waals surface area contributed by atoms with Crippen molar-refractivity contribution in [3.63, 3.8) is 0 Å². The second kappa shape index (κ2) is 7.12. The van der Waals surface area contributed by atoms with Crippen molar-refractivity contribution in [2.45, 2.75) is 33.2 Å². The molecule has 0 atom stereocenters. The molecule has 2 aromatic carbocycles. The van der Waals surface area contributed by atoms with E-state index >= 15 is 0 Å². The molecular weight excluding hydrogens is 443 g/mol. The lowest BCUT2D eigenvalue weighted by atomic mass is 9.88. The van der Waals surface area contributed by atoms with Gasteiger partial charge < -0.3 is 4.90 Å². The van der Waals surface area contributed by atoms with Gasteiger partial charge in [-0.15, -0.1) is 0 Å². The van der Waals surface area contributed by atoms with Gasteiger partial charge in [0.25, 0.3) is 0 Å². The van der Waals surface area contributed by atoms with E-state index in [1.54, 1.807) is 0 Å². The van der Waals surface area contributed by atoms with Crippen LogP contribution in [-0.2, 0) is 0 Å². The summed E-state index contributed by atoms with van der Waals surface area (Å²) in [5.74, 6) is 0. The summed E-state index contributed by atoms with van der Waals surface area (Å²) in [5.41, 5.74) is 5.58. The number of rotatable bonds is 3. The van der Waals surface area contributed by atoms with E-state index in [1.165, 1.54) is 20.4 Å². The summed E-state index contributed by atoms with van der Waals surface area (Å²) in [5, 5.41) is 0.733. The number of hydrogen-bond acceptors (Lipinski definition) is 2. The van der Waals surface area contributed by atoms with E-state index < -0.39 is 0 Å². The summed E-state index contributed by atoms with van der Waals surface area (Å²) >= 11 is 8.87. The van der Waals surface area contributed by atoms with Gasteiger partial charge >= 0.3 is 0 Å². The molecule has 4 heteroatoms. The summed E-state index contributed by atoms with van der Waals surface area (Å²) < 4.78 is 1.20. The van der Waals surface area contributed by atoms with Crippen LogP contribution in [0.2, 0.25) is 5.02 Å².